The molecule has 3 aliphatic heterocycles. The number of hydrogen-bond donors (Lipinski definition) is 2. The third-order valence-corrected chi connectivity index (χ3v) is 11.9. The first-order chi connectivity index (χ1) is 27.9. The highest BCUT2D eigenvalue weighted by Gasteiger charge is 2.32. The van der Waals surface area contributed by atoms with Crippen LogP contribution in [0.25, 0.3) is 28.0 Å². The number of ether oxygens (including phenoxy) is 1. The normalized spacial score (nSPS) is 18.7. The van der Waals surface area contributed by atoms with Crippen LogP contribution in [0.15, 0.2) is 107 Å². The molecule has 0 amide bonds. The molecular weight excluding hydrogens is 719 g/mol. The minimum Gasteiger partial charge on any atom is -0.457 e. The number of piperidine rings is 1. The van der Waals surface area contributed by atoms with Crippen LogP contribution in [0, 0.1) is 0 Å². The number of hydrogen-bond acceptors (Lipinski definition) is 11. The zero-order valence-corrected chi connectivity index (χ0v) is 32.1. The number of rotatable bonds is 11. The summed E-state index contributed by atoms with van der Waals surface area (Å²) in [6.07, 6.45) is 7.50. The number of benzene rings is 3. The summed E-state index contributed by atoms with van der Waals surface area (Å²) in [5.74, 6) is 2.01. The van der Waals surface area contributed by atoms with E-state index in [4.69, 9.17) is 15.6 Å². The monoisotopic (exact) mass is 767 g/mol. The van der Waals surface area contributed by atoms with Gasteiger partial charge in [0.2, 0.25) is 0 Å². The molecular formula is C43H49N11O3. The number of H-pyrrole nitrogens is 1. The highest BCUT2D eigenvalue weighted by molar-refractivity contribution is 5.98. The number of nitrogen functional groups attached to an aromatic ring is 1. The number of nitrogens with zero attached hydrogens (tertiary/aromatic N) is 9. The number of para-hydroxylation sites is 1. The van der Waals surface area contributed by atoms with Gasteiger partial charge in [-0.05, 0) is 106 Å². The summed E-state index contributed by atoms with van der Waals surface area (Å²) in [5, 5.41) is 5.95. The molecule has 0 saturated carbocycles. The topological polar surface area (TPSA) is 147 Å². The van der Waals surface area contributed by atoms with Gasteiger partial charge in [-0.25, -0.2) is 19.4 Å². The molecule has 14 nitrogen and oxygen atoms in total. The molecule has 3 fully saturated rings. The van der Waals surface area contributed by atoms with Crippen molar-refractivity contribution in [2.75, 3.05) is 76.1 Å². The molecule has 0 spiro atoms. The second kappa shape index (κ2) is 16.3. The van der Waals surface area contributed by atoms with E-state index in [-0.39, 0.29) is 6.04 Å². The first kappa shape index (κ1) is 36.8. The van der Waals surface area contributed by atoms with Crippen molar-refractivity contribution in [3.05, 3.63) is 118 Å². The fourth-order valence-corrected chi connectivity index (χ4v) is 8.76. The van der Waals surface area contributed by atoms with Gasteiger partial charge in [0.1, 0.15) is 29.3 Å². The summed E-state index contributed by atoms with van der Waals surface area (Å²) in [4.78, 5) is 45.3. The van der Waals surface area contributed by atoms with E-state index in [2.05, 4.69) is 51.4 Å². The minimum absolute atomic E-state index is 0.248. The Morgan fingerprint density at radius 2 is 1.42 bits per heavy atom. The first-order valence-electron chi connectivity index (χ1n) is 20.1. The molecule has 9 rings (SSSR count). The molecule has 0 radical (unpaired) electrons. The zero-order valence-electron chi connectivity index (χ0n) is 32.1. The van der Waals surface area contributed by atoms with Crippen LogP contribution >= 0.6 is 0 Å². The molecule has 3 aromatic heterocycles. The second-order valence-electron chi connectivity index (χ2n) is 15.4. The Kier molecular flexibility index (Phi) is 10.5. The molecule has 3 aliphatic rings. The Morgan fingerprint density at radius 3 is 2.18 bits per heavy atom. The average Bonchev–Trinajstić information content (AvgIpc) is 3.88. The quantitative estimate of drug-likeness (QED) is 0.190. The van der Waals surface area contributed by atoms with Gasteiger partial charge in [0, 0.05) is 75.4 Å². The van der Waals surface area contributed by atoms with Gasteiger partial charge in [0.25, 0.3) is 5.56 Å². The first-order valence-corrected chi connectivity index (χ1v) is 20.1. The van der Waals surface area contributed by atoms with Gasteiger partial charge >= 0.3 is 5.69 Å². The summed E-state index contributed by atoms with van der Waals surface area (Å²) in [5.41, 5.74) is 10.1. The fourth-order valence-electron chi connectivity index (χ4n) is 8.76. The minimum atomic E-state index is -0.430. The SMILES string of the molecule is Nc1ncnc2c1c(-c1ccc(Oc3ccccc3)cc1)nn2C1CCN(C2CCN(CCCN3CCN(c4ccc(-n5ccc(=O)[nH]c5=O)cc4)CC3)C2)CC1. The molecule has 14 heteroatoms. The Labute approximate surface area is 331 Å². The van der Waals surface area contributed by atoms with E-state index in [9.17, 15) is 9.59 Å². The molecule has 3 saturated heterocycles. The summed E-state index contributed by atoms with van der Waals surface area (Å²) in [6.45, 7) is 10.7. The highest BCUT2D eigenvalue weighted by atomic mass is 16.5. The van der Waals surface area contributed by atoms with Crippen LogP contribution in [0.4, 0.5) is 11.5 Å². The lowest BCUT2D eigenvalue weighted by atomic mass is 10.0. The summed E-state index contributed by atoms with van der Waals surface area (Å²) in [6, 6.07) is 27.9. The molecule has 1 unspecified atom stereocenters. The van der Waals surface area contributed by atoms with Gasteiger partial charge in [-0.2, -0.15) is 5.10 Å². The third-order valence-electron chi connectivity index (χ3n) is 11.9. The van der Waals surface area contributed by atoms with E-state index in [0.29, 0.717) is 11.9 Å². The molecule has 57 heavy (non-hydrogen) atoms. The van der Waals surface area contributed by atoms with E-state index >= 15 is 0 Å². The Balaban J connectivity index is 0.736. The lowest BCUT2D eigenvalue weighted by Gasteiger charge is -2.36. The molecule has 1 atom stereocenters. The molecule has 3 N–H and O–H groups in total. The van der Waals surface area contributed by atoms with Crippen LogP contribution in [0.2, 0.25) is 0 Å². The van der Waals surface area contributed by atoms with E-state index in [1.807, 2.05) is 66.7 Å². The smallest absolute Gasteiger partial charge is 0.332 e. The van der Waals surface area contributed by atoms with E-state index in [0.717, 1.165) is 123 Å². The highest BCUT2D eigenvalue weighted by Crippen LogP contribution is 2.36. The number of aromatic amines is 1. The Morgan fingerprint density at radius 1 is 0.719 bits per heavy atom. The summed E-state index contributed by atoms with van der Waals surface area (Å²) >= 11 is 0. The van der Waals surface area contributed by atoms with Crippen molar-refractivity contribution in [2.45, 2.75) is 37.8 Å². The lowest BCUT2D eigenvalue weighted by Crippen LogP contribution is -2.47. The van der Waals surface area contributed by atoms with Crippen LogP contribution in [-0.4, -0.2) is 115 Å². The Bertz CT molecular complexity index is 2400. The van der Waals surface area contributed by atoms with E-state index in [1.165, 1.54) is 29.7 Å². The predicted molar refractivity (Wildman–Crippen MR) is 222 cm³/mol. The number of piperazine rings is 1. The van der Waals surface area contributed by atoms with Crippen LogP contribution < -0.4 is 26.6 Å². The molecule has 0 bridgehead atoms. The fraction of sp³-hybridized carbons (Fsp3) is 0.372. The third kappa shape index (κ3) is 8.06. The number of fused-ring (bicyclic) bond motifs is 1. The Hall–Kier alpha value is -5.83. The standard InChI is InChI=1S/C43H49N11O3/c44-41-39-40(31-7-13-37(14-8-31)57-36-5-2-1-3-6-36)48-54(42(39)46-30-45-41)34-16-22-51(23-17-34)35-15-21-50(29-35)20-4-19-49-25-27-52(28-26-49)32-9-11-33(12-10-32)53-24-18-38(55)47-43(53)56/h1-3,5-14,18,24,30,34-35H,4,15-17,19-23,25-29H2,(H2,44,45,46)(H,47,55,56). The number of nitrogens with two attached hydrogens (primary N) is 1. The van der Waals surface area contributed by atoms with E-state index < -0.39 is 11.2 Å². The van der Waals surface area contributed by atoms with Gasteiger partial charge in [0.15, 0.2) is 5.65 Å². The average molecular weight is 768 g/mol. The van der Waals surface area contributed by atoms with Crippen LogP contribution in [-0.2, 0) is 0 Å². The molecule has 294 valence electrons. The van der Waals surface area contributed by atoms with Crippen LogP contribution in [0.5, 0.6) is 11.5 Å². The molecule has 3 aromatic carbocycles. The van der Waals surface area contributed by atoms with Gasteiger partial charge in [-0.1, -0.05) is 18.2 Å². The molecule has 0 aliphatic carbocycles. The maximum Gasteiger partial charge on any atom is 0.332 e. The second-order valence-corrected chi connectivity index (χ2v) is 15.4. The maximum absolute atomic E-state index is 12.2. The van der Waals surface area contributed by atoms with Gasteiger partial charge in [0.05, 0.1) is 17.1 Å². The number of anilines is 2. The summed E-state index contributed by atoms with van der Waals surface area (Å²) < 4.78 is 9.57. The molecule has 6 aromatic rings. The van der Waals surface area contributed by atoms with Crippen molar-refractivity contribution in [1.82, 2.24) is 44.0 Å². The van der Waals surface area contributed by atoms with Crippen molar-refractivity contribution >= 4 is 22.5 Å². The number of aromatic nitrogens is 6. The lowest BCUT2D eigenvalue weighted by molar-refractivity contribution is 0.131. The maximum atomic E-state index is 12.2. The van der Waals surface area contributed by atoms with Gasteiger partial charge in [-0.3, -0.25) is 24.1 Å². The van der Waals surface area contributed by atoms with Crippen molar-refractivity contribution in [2.24, 2.45) is 0 Å². The van der Waals surface area contributed by atoms with Crippen molar-refractivity contribution in [3.8, 4) is 28.4 Å². The summed E-state index contributed by atoms with van der Waals surface area (Å²) in [7, 11) is 0. The zero-order chi connectivity index (χ0) is 38.7. The van der Waals surface area contributed by atoms with Crippen LogP contribution in [0.3, 0.4) is 0 Å². The molecule has 6 heterocycles. The largest absolute Gasteiger partial charge is 0.457 e. The van der Waals surface area contributed by atoms with E-state index in [1.54, 1.807) is 6.33 Å². The van der Waals surface area contributed by atoms with Crippen molar-refractivity contribution in [1.29, 1.82) is 0 Å². The predicted octanol–water partition coefficient (Wildman–Crippen LogP) is 4.63. The van der Waals surface area contributed by atoms with Crippen molar-refractivity contribution < 1.29 is 4.74 Å². The van der Waals surface area contributed by atoms with Gasteiger partial charge < -0.3 is 20.3 Å². The van der Waals surface area contributed by atoms with Crippen molar-refractivity contribution in [3.63, 3.8) is 0 Å². The number of likely N-dealkylation sites (tertiary alicyclic amines) is 2. The number of nitrogens with one attached hydrogen (secondary N) is 1. The van der Waals surface area contributed by atoms with Gasteiger partial charge in [-0.15, -0.1) is 0 Å². The van der Waals surface area contributed by atoms with Crippen LogP contribution in [0.1, 0.15) is 31.7 Å².